The topological polar surface area (TPSA) is 58.6 Å². The lowest BCUT2D eigenvalue weighted by Crippen LogP contribution is -2.35. The molecule has 0 rings (SSSR count). The lowest BCUT2D eigenvalue weighted by molar-refractivity contribution is 0.129. The van der Waals surface area contributed by atoms with Gasteiger partial charge in [-0.05, 0) is 13.8 Å². The fourth-order valence-electron chi connectivity index (χ4n) is 0.436. The number of carbonyl (C=O) groups is 2. The molecule has 0 fully saturated rings. The highest BCUT2D eigenvalue weighted by Crippen LogP contribution is 1.88. The van der Waals surface area contributed by atoms with Gasteiger partial charge in [-0.15, -0.1) is 0 Å². The molecule has 0 unspecified atom stereocenters. The maximum atomic E-state index is 10.8. The quantitative estimate of drug-likeness (QED) is 0.598. The first kappa shape index (κ1) is 10.7. The zero-order chi connectivity index (χ0) is 9.72. The smallest absolute Gasteiger partial charge is 0.359 e. The number of nitrogens with one attached hydrogen (secondary N) is 1. The summed E-state index contributed by atoms with van der Waals surface area (Å²) >= 11 is 0. The summed E-state index contributed by atoms with van der Waals surface area (Å²) in [6, 6.07) is -0.0348. The molecule has 0 spiro atoms. The molecule has 70 valence electrons. The first-order valence-corrected chi connectivity index (χ1v) is 3.63. The normalized spacial score (nSPS) is 9.42. The van der Waals surface area contributed by atoms with E-state index in [4.69, 9.17) is 0 Å². The van der Waals surface area contributed by atoms with Gasteiger partial charge in [-0.3, -0.25) is 0 Å². The zero-order valence-corrected chi connectivity index (χ0v) is 7.75. The van der Waals surface area contributed by atoms with Crippen molar-refractivity contribution in [1.82, 2.24) is 10.2 Å². The van der Waals surface area contributed by atoms with Crippen molar-refractivity contribution in [2.45, 2.75) is 19.9 Å². The Morgan fingerprint density at radius 1 is 1.33 bits per heavy atom. The Kier molecular flexibility index (Phi) is 4.10. The first-order valence-electron chi connectivity index (χ1n) is 3.63. The van der Waals surface area contributed by atoms with Crippen molar-refractivity contribution in [3.05, 3.63) is 0 Å². The lowest BCUT2D eigenvalue weighted by Gasteiger charge is -2.11. The van der Waals surface area contributed by atoms with Crippen LogP contribution in [0.4, 0.5) is 9.59 Å². The number of rotatable bonds is 1. The second-order valence-corrected chi connectivity index (χ2v) is 2.85. The monoisotopic (exact) mass is 174 g/mol. The number of ether oxygens (including phenoxy) is 1. The molecule has 12 heavy (non-hydrogen) atoms. The van der Waals surface area contributed by atoms with Crippen molar-refractivity contribution in [2.24, 2.45) is 0 Å². The minimum absolute atomic E-state index is 0.0348. The van der Waals surface area contributed by atoms with E-state index in [1.165, 1.54) is 19.0 Å². The van der Waals surface area contributed by atoms with Gasteiger partial charge in [-0.2, -0.15) is 0 Å². The van der Waals surface area contributed by atoms with Gasteiger partial charge >= 0.3 is 12.2 Å². The zero-order valence-electron chi connectivity index (χ0n) is 7.75. The molecule has 0 saturated heterocycles. The van der Waals surface area contributed by atoms with Crippen molar-refractivity contribution in [3.63, 3.8) is 0 Å². The van der Waals surface area contributed by atoms with Crippen LogP contribution in [0.2, 0.25) is 0 Å². The van der Waals surface area contributed by atoms with Crippen molar-refractivity contribution in [1.29, 1.82) is 0 Å². The molecule has 5 nitrogen and oxygen atoms in total. The van der Waals surface area contributed by atoms with Crippen LogP contribution in [0.5, 0.6) is 0 Å². The van der Waals surface area contributed by atoms with Gasteiger partial charge < -0.3 is 15.0 Å². The van der Waals surface area contributed by atoms with Gasteiger partial charge in [0.1, 0.15) is 0 Å². The van der Waals surface area contributed by atoms with E-state index in [2.05, 4.69) is 10.1 Å². The molecule has 0 aliphatic rings. The van der Waals surface area contributed by atoms with Crippen LogP contribution in [-0.4, -0.2) is 37.2 Å². The summed E-state index contributed by atoms with van der Waals surface area (Å²) in [5, 5.41) is 2.42. The molecule has 2 amide bonds. The molecule has 0 aliphatic heterocycles. The Morgan fingerprint density at radius 3 is 2.17 bits per heavy atom. The molecule has 0 radical (unpaired) electrons. The summed E-state index contributed by atoms with van der Waals surface area (Å²) < 4.78 is 4.36. The Labute approximate surface area is 71.7 Å². The molecule has 0 heterocycles. The second-order valence-electron chi connectivity index (χ2n) is 2.85. The van der Waals surface area contributed by atoms with E-state index >= 15 is 0 Å². The second kappa shape index (κ2) is 4.58. The average molecular weight is 174 g/mol. The Morgan fingerprint density at radius 2 is 1.83 bits per heavy atom. The third-order valence-corrected chi connectivity index (χ3v) is 0.952. The molecular weight excluding hydrogens is 160 g/mol. The lowest BCUT2D eigenvalue weighted by atomic mass is 10.4. The Hall–Kier alpha value is -1.26. The first-order chi connectivity index (χ1) is 5.43. The van der Waals surface area contributed by atoms with Gasteiger partial charge in [-0.25, -0.2) is 9.59 Å². The fourth-order valence-corrected chi connectivity index (χ4v) is 0.436. The van der Waals surface area contributed by atoms with Gasteiger partial charge in [-0.1, -0.05) is 0 Å². The van der Waals surface area contributed by atoms with Gasteiger partial charge in [0.15, 0.2) is 0 Å². The molecule has 0 saturated carbocycles. The van der Waals surface area contributed by atoms with E-state index in [1.54, 1.807) is 13.8 Å². The summed E-state index contributed by atoms with van der Waals surface area (Å²) in [6.07, 6.45) is -1.39. The SMILES string of the molecule is CC(C)NC(=O)OC(=O)N(C)C. The van der Waals surface area contributed by atoms with Gasteiger partial charge in [0.2, 0.25) is 0 Å². The molecule has 1 N–H and O–H groups in total. The molecule has 0 aromatic heterocycles. The highest BCUT2D eigenvalue weighted by molar-refractivity contribution is 5.83. The maximum absolute atomic E-state index is 10.8. The molecule has 0 atom stereocenters. The van der Waals surface area contributed by atoms with Crippen molar-refractivity contribution >= 4 is 12.2 Å². The van der Waals surface area contributed by atoms with Crippen molar-refractivity contribution in [2.75, 3.05) is 14.1 Å². The van der Waals surface area contributed by atoms with E-state index in [0.717, 1.165) is 0 Å². The predicted octanol–water partition coefficient (Wildman–Crippen LogP) is 0.803. The van der Waals surface area contributed by atoms with E-state index in [9.17, 15) is 9.59 Å². The van der Waals surface area contributed by atoms with Crippen LogP contribution < -0.4 is 5.32 Å². The van der Waals surface area contributed by atoms with Crippen LogP contribution in [0.1, 0.15) is 13.8 Å². The summed E-state index contributed by atoms with van der Waals surface area (Å²) in [4.78, 5) is 22.7. The number of nitrogens with zero attached hydrogens (tertiary/aromatic N) is 1. The molecule has 0 aliphatic carbocycles. The van der Waals surface area contributed by atoms with E-state index in [-0.39, 0.29) is 6.04 Å². The summed E-state index contributed by atoms with van der Waals surface area (Å²) in [7, 11) is 3.01. The maximum Gasteiger partial charge on any atom is 0.418 e. The van der Waals surface area contributed by atoms with E-state index in [0.29, 0.717) is 0 Å². The molecule has 0 aromatic carbocycles. The largest absolute Gasteiger partial charge is 0.418 e. The Bertz CT molecular complexity index is 177. The highest BCUT2D eigenvalue weighted by atomic mass is 16.6. The Balaban J connectivity index is 3.77. The minimum Gasteiger partial charge on any atom is -0.359 e. The molecule has 5 heteroatoms. The summed E-state index contributed by atoms with van der Waals surface area (Å²) in [5.74, 6) is 0. The highest BCUT2D eigenvalue weighted by Gasteiger charge is 2.11. The van der Waals surface area contributed by atoms with Gasteiger partial charge in [0.05, 0.1) is 0 Å². The number of alkyl carbamates (subject to hydrolysis) is 1. The molecular formula is C7H14N2O3. The van der Waals surface area contributed by atoms with Crippen LogP contribution in [0.15, 0.2) is 0 Å². The third-order valence-electron chi connectivity index (χ3n) is 0.952. The van der Waals surface area contributed by atoms with Crippen molar-refractivity contribution < 1.29 is 14.3 Å². The summed E-state index contributed by atoms with van der Waals surface area (Å²) in [6.45, 7) is 3.56. The number of carbonyl (C=O) groups excluding carboxylic acids is 2. The van der Waals surface area contributed by atoms with Gasteiger partial charge in [0.25, 0.3) is 0 Å². The van der Waals surface area contributed by atoms with Crippen LogP contribution in [0.3, 0.4) is 0 Å². The summed E-state index contributed by atoms with van der Waals surface area (Å²) in [5.41, 5.74) is 0. The van der Waals surface area contributed by atoms with E-state index in [1.807, 2.05) is 0 Å². The minimum atomic E-state index is -0.719. The van der Waals surface area contributed by atoms with Crippen molar-refractivity contribution in [3.8, 4) is 0 Å². The van der Waals surface area contributed by atoms with E-state index < -0.39 is 12.2 Å². The molecule has 0 bridgehead atoms. The fraction of sp³-hybridized carbons (Fsp3) is 0.714. The van der Waals surface area contributed by atoms with Crippen LogP contribution in [0, 0.1) is 0 Å². The van der Waals surface area contributed by atoms with Crippen LogP contribution in [0.25, 0.3) is 0 Å². The predicted molar refractivity (Wildman–Crippen MR) is 43.8 cm³/mol. The standard InChI is InChI=1S/C7H14N2O3/c1-5(2)8-6(10)12-7(11)9(3)4/h5H,1-4H3,(H,8,10). The van der Waals surface area contributed by atoms with Crippen LogP contribution in [-0.2, 0) is 4.74 Å². The van der Waals surface area contributed by atoms with Gasteiger partial charge in [0, 0.05) is 20.1 Å². The van der Waals surface area contributed by atoms with Crippen LogP contribution >= 0.6 is 0 Å². The average Bonchev–Trinajstić information content (AvgIpc) is 1.84. The number of hydrogen-bond acceptors (Lipinski definition) is 3. The number of amides is 2. The third kappa shape index (κ3) is 4.54. The number of hydrogen-bond donors (Lipinski definition) is 1. The molecule has 0 aromatic rings.